The molecule has 1 aliphatic carbocycles. The van der Waals surface area contributed by atoms with Gasteiger partial charge in [-0.05, 0) is 37.7 Å². The van der Waals surface area contributed by atoms with E-state index in [2.05, 4.69) is 35.6 Å². The van der Waals surface area contributed by atoms with Crippen molar-refractivity contribution < 1.29 is 14.6 Å². The van der Waals surface area contributed by atoms with Crippen LogP contribution < -0.4 is 5.32 Å². The summed E-state index contributed by atoms with van der Waals surface area (Å²) in [6.45, 7) is 4.45. The summed E-state index contributed by atoms with van der Waals surface area (Å²) in [5.74, 6) is 0.628. The molecule has 1 aromatic carbocycles. The van der Waals surface area contributed by atoms with Crippen LogP contribution in [0.3, 0.4) is 0 Å². The lowest BCUT2D eigenvalue weighted by atomic mass is 9.79. The molecule has 6 nitrogen and oxygen atoms in total. The van der Waals surface area contributed by atoms with Crippen molar-refractivity contribution in [3.63, 3.8) is 0 Å². The number of urea groups is 1. The van der Waals surface area contributed by atoms with Crippen LogP contribution in [0.4, 0.5) is 4.79 Å². The largest absolute Gasteiger partial charge is 0.391 e. The van der Waals surface area contributed by atoms with Crippen molar-refractivity contribution in [1.82, 2.24) is 15.1 Å². The third-order valence-corrected chi connectivity index (χ3v) is 6.97. The number of aliphatic hydroxyl groups is 1. The van der Waals surface area contributed by atoms with Gasteiger partial charge in [0.15, 0.2) is 0 Å². The molecular weight excluding hydrogens is 366 g/mol. The fraction of sp³-hybridized carbons (Fsp3) is 0.696. The number of hydrogen-bond acceptors (Lipinski definition) is 4. The van der Waals surface area contributed by atoms with Gasteiger partial charge in [-0.1, -0.05) is 30.3 Å². The Morgan fingerprint density at radius 2 is 1.97 bits per heavy atom. The van der Waals surface area contributed by atoms with Crippen molar-refractivity contribution >= 4 is 6.03 Å². The fourth-order valence-electron chi connectivity index (χ4n) is 5.02. The van der Waals surface area contributed by atoms with E-state index in [4.69, 9.17) is 4.74 Å². The van der Waals surface area contributed by atoms with Gasteiger partial charge in [0.05, 0.1) is 12.7 Å². The molecule has 0 aromatic heterocycles. The maximum absolute atomic E-state index is 12.8. The molecular formula is C23H35N3O3. The van der Waals surface area contributed by atoms with Gasteiger partial charge in [-0.25, -0.2) is 4.79 Å². The van der Waals surface area contributed by atoms with E-state index in [1.165, 1.54) is 12.0 Å². The van der Waals surface area contributed by atoms with Crippen molar-refractivity contribution in [2.75, 3.05) is 46.4 Å². The lowest BCUT2D eigenvalue weighted by Gasteiger charge is -2.43. The first kappa shape index (κ1) is 20.6. The number of ether oxygens (including phenoxy) is 1. The summed E-state index contributed by atoms with van der Waals surface area (Å²) in [5, 5.41) is 13.7. The van der Waals surface area contributed by atoms with Gasteiger partial charge in [0.2, 0.25) is 0 Å². The Labute approximate surface area is 174 Å². The Hall–Kier alpha value is -1.63. The topological polar surface area (TPSA) is 65.0 Å². The molecule has 2 heterocycles. The summed E-state index contributed by atoms with van der Waals surface area (Å²) in [4.78, 5) is 16.6. The minimum absolute atomic E-state index is 0.0917. The Kier molecular flexibility index (Phi) is 6.42. The van der Waals surface area contributed by atoms with E-state index in [1.807, 2.05) is 9.80 Å². The molecule has 2 aliphatic heterocycles. The molecule has 2 saturated heterocycles. The van der Waals surface area contributed by atoms with Crippen molar-refractivity contribution in [3.05, 3.63) is 35.9 Å². The standard InChI is InChI=1S/C23H35N3O3/c1-29-17-23(16-24-21-14-20(21)18-6-3-2-4-7-18)9-12-25(13-10-23)22(28)26-11-5-8-19(27)15-26/h2-4,6-7,19-21,24,27H,5,8-17H2,1H3/t19-,20-,21+/m0/s1. The van der Waals surface area contributed by atoms with Crippen LogP contribution in [0.15, 0.2) is 30.3 Å². The van der Waals surface area contributed by atoms with Crippen LogP contribution in [0.5, 0.6) is 0 Å². The molecule has 2 amide bonds. The van der Waals surface area contributed by atoms with Crippen LogP contribution in [0.1, 0.15) is 43.6 Å². The first-order valence-corrected chi connectivity index (χ1v) is 11.1. The normalized spacial score (nSPS) is 29.0. The number of amides is 2. The number of rotatable bonds is 6. The Balaban J connectivity index is 1.28. The SMILES string of the molecule is COCC1(CN[C@@H]2C[C@H]2c2ccccc2)CCN(C(=O)N2CCC[C@H](O)C2)CC1. The predicted molar refractivity (Wildman–Crippen MR) is 113 cm³/mol. The zero-order valence-corrected chi connectivity index (χ0v) is 17.6. The zero-order valence-electron chi connectivity index (χ0n) is 17.6. The van der Waals surface area contributed by atoms with Crippen molar-refractivity contribution in [3.8, 4) is 0 Å². The second kappa shape index (κ2) is 9.02. The number of β-amino-alcohol motifs (C(OH)–C–C–N with tert-alkyl or cyclic N) is 1. The molecule has 1 saturated carbocycles. The third-order valence-electron chi connectivity index (χ3n) is 6.97. The quantitative estimate of drug-likeness (QED) is 0.769. The molecule has 0 spiro atoms. The first-order valence-electron chi connectivity index (χ1n) is 11.1. The van der Waals surface area contributed by atoms with Crippen LogP contribution in [-0.2, 0) is 4.74 Å². The van der Waals surface area contributed by atoms with E-state index in [9.17, 15) is 9.90 Å². The van der Waals surface area contributed by atoms with Gasteiger partial charge in [-0.3, -0.25) is 0 Å². The summed E-state index contributed by atoms with van der Waals surface area (Å²) < 4.78 is 5.59. The second-order valence-electron chi connectivity index (χ2n) is 9.18. The third kappa shape index (κ3) is 4.93. The van der Waals surface area contributed by atoms with E-state index >= 15 is 0 Å². The fourth-order valence-corrected chi connectivity index (χ4v) is 5.02. The van der Waals surface area contributed by atoms with E-state index in [0.29, 0.717) is 18.5 Å². The van der Waals surface area contributed by atoms with Crippen LogP contribution in [-0.4, -0.2) is 79.5 Å². The monoisotopic (exact) mass is 401 g/mol. The molecule has 29 heavy (non-hydrogen) atoms. The molecule has 3 fully saturated rings. The van der Waals surface area contributed by atoms with Crippen molar-refractivity contribution in [1.29, 1.82) is 0 Å². The molecule has 1 aromatic rings. The van der Waals surface area contributed by atoms with Gasteiger partial charge in [-0.15, -0.1) is 0 Å². The number of carbonyl (C=O) groups is 1. The van der Waals surface area contributed by atoms with E-state index in [0.717, 1.165) is 58.5 Å². The molecule has 4 rings (SSSR count). The van der Waals surface area contributed by atoms with Gasteiger partial charge in [0, 0.05) is 57.2 Å². The molecule has 3 atom stereocenters. The Bertz CT molecular complexity index is 675. The Morgan fingerprint density at radius 3 is 2.66 bits per heavy atom. The number of likely N-dealkylation sites (tertiary alicyclic amines) is 2. The average molecular weight is 402 g/mol. The van der Waals surface area contributed by atoms with Crippen molar-refractivity contribution in [2.45, 2.75) is 50.2 Å². The highest BCUT2D eigenvalue weighted by molar-refractivity contribution is 5.74. The first-order chi connectivity index (χ1) is 14.1. The number of carbonyl (C=O) groups excluding carboxylic acids is 1. The highest BCUT2D eigenvalue weighted by atomic mass is 16.5. The number of aliphatic hydroxyl groups excluding tert-OH is 1. The number of nitrogens with one attached hydrogen (secondary N) is 1. The van der Waals surface area contributed by atoms with E-state index < -0.39 is 0 Å². The smallest absolute Gasteiger partial charge is 0.320 e. The van der Waals surface area contributed by atoms with Crippen LogP contribution in [0.25, 0.3) is 0 Å². The zero-order chi connectivity index (χ0) is 20.3. The second-order valence-corrected chi connectivity index (χ2v) is 9.18. The van der Waals surface area contributed by atoms with Gasteiger partial charge in [-0.2, -0.15) is 0 Å². The van der Waals surface area contributed by atoms with E-state index in [1.54, 1.807) is 7.11 Å². The molecule has 6 heteroatoms. The average Bonchev–Trinajstić information content (AvgIpc) is 3.53. The molecule has 3 aliphatic rings. The maximum Gasteiger partial charge on any atom is 0.320 e. The molecule has 160 valence electrons. The number of piperidine rings is 2. The molecule has 0 bridgehead atoms. The molecule has 0 radical (unpaired) electrons. The number of nitrogens with zero attached hydrogens (tertiary/aromatic N) is 2. The van der Waals surface area contributed by atoms with Gasteiger partial charge in [0.25, 0.3) is 0 Å². The summed E-state index contributed by atoms with van der Waals surface area (Å²) >= 11 is 0. The van der Waals surface area contributed by atoms with Crippen molar-refractivity contribution in [2.24, 2.45) is 5.41 Å². The number of hydrogen-bond donors (Lipinski definition) is 2. The van der Waals surface area contributed by atoms with Crippen LogP contribution >= 0.6 is 0 Å². The molecule has 0 unspecified atom stereocenters. The van der Waals surface area contributed by atoms with Gasteiger partial charge >= 0.3 is 6.03 Å². The van der Waals surface area contributed by atoms with Gasteiger partial charge in [0.1, 0.15) is 0 Å². The highest BCUT2D eigenvalue weighted by Crippen LogP contribution is 2.42. The summed E-state index contributed by atoms with van der Waals surface area (Å²) in [6, 6.07) is 11.4. The van der Waals surface area contributed by atoms with Gasteiger partial charge < -0.3 is 25.0 Å². The minimum atomic E-state index is -0.370. The summed E-state index contributed by atoms with van der Waals surface area (Å²) in [5.41, 5.74) is 1.52. The maximum atomic E-state index is 12.8. The summed E-state index contributed by atoms with van der Waals surface area (Å²) in [7, 11) is 1.78. The minimum Gasteiger partial charge on any atom is -0.391 e. The molecule has 2 N–H and O–H groups in total. The van der Waals surface area contributed by atoms with Crippen LogP contribution in [0, 0.1) is 5.41 Å². The Morgan fingerprint density at radius 1 is 1.21 bits per heavy atom. The van der Waals surface area contributed by atoms with E-state index in [-0.39, 0.29) is 17.6 Å². The number of methoxy groups -OCH3 is 1. The summed E-state index contributed by atoms with van der Waals surface area (Å²) in [6.07, 6.45) is 4.44. The van der Waals surface area contributed by atoms with Crippen LogP contribution in [0.2, 0.25) is 0 Å². The lowest BCUT2D eigenvalue weighted by Crippen LogP contribution is -2.54. The lowest BCUT2D eigenvalue weighted by molar-refractivity contribution is 0.0196. The highest BCUT2D eigenvalue weighted by Gasteiger charge is 2.42. The predicted octanol–water partition coefficient (Wildman–Crippen LogP) is 2.44. The number of benzene rings is 1.